The third-order valence-corrected chi connectivity index (χ3v) is 5.67. The van der Waals surface area contributed by atoms with Crippen molar-refractivity contribution in [3.63, 3.8) is 0 Å². The van der Waals surface area contributed by atoms with Gasteiger partial charge >= 0.3 is 5.69 Å². The van der Waals surface area contributed by atoms with Gasteiger partial charge in [0.2, 0.25) is 0 Å². The molecule has 34 heavy (non-hydrogen) atoms. The molecule has 1 heterocycles. The van der Waals surface area contributed by atoms with E-state index in [1.54, 1.807) is 26.0 Å². The number of hydrazone groups is 1. The van der Waals surface area contributed by atoms with Crippen LogP contribution in [-0.4, -0.2) is 33.9 Å². The number of aryl methyl sites for hydroxylation is 1. The van der Waals surface area contributed by atoms with Crippen LogP contribution in [0.15, 0.2) is 52.0 Å². The second-order valence-corrected chi connectivity index (χ2v) is 8.29. The predicted octanol–water partition coefficient (Wildman–Crippen LogP) is 4.47. The first-order valence-corrected chi connectivity index (χ1v) is 11.1. The molecule has 1 aromatic heterocycles. The molecule has 3 aromatic rings. The third-order valence-electron chi connectivity index (χ3n) is 5.08. The Balaban J connectivity index is 1.69. The Morgan fingerprint density at radius 2 is 2.03 bits per heavy atom. The topological polar surface area (TPSA) is 121 Å². The third kappa shape index (κ3) is 5.60. The van der Waals surface area contributed by atoms with Crippen molar-refractivity contribution in [2.75, 3.05) is 7.11 Å². The molecule has 0 spiro atoms. The molecular weight excluding hydrogens is 506 g/mol. The SMILES string of the molecule is COc1cc(C=NNC(=O)C(C)n2nc(C)c([N+](=O)[O-])c2C)cc(Br)c1OCc1ccccc1. The Kier molecular flexibility index (Phi) is 8.00. The fourth-order valence-corrected chi connectivity index (χ4v) is 3.93. The lowest BCUT2D eigenvalue weighted by atomic mass is 10.2. The Hall–Kier alpha value is -3.73. The summed E-state index contributed by atoms with van der Waals surface area (Å²) in [5.41, 5.74) is 4.57. The normalized spacial score (nSPS) is 11.9. The van der Waals surface area contributed by atoms with Gasteiger partial charge in [-0.1, -0.05) is 30.3 Å². The Bertz CT molecular complexity index is 1230. The van der Waals surface area contributed by atoms with Gasteiger partial charge in [-0.2, -0.15) is 10.2 Å². The first-order chi connectivity index (χ1) is 16.2. The van der Waals surface area contributed by atoms with Crippen LogP contribution in [-0.2, 0) is 11.4 Å². The summed E-state index contributed by atoms with van der Waals surface area (Å²) in [5.74, 6) is 0.583. The zero-order valence-corrected chi connectivity index (χ0v) is 20.7. The molecule has 0 fully saturated rings. The van der Waals surface area contributed by atoms with E-state index >= 15 is 0 Å². The fraction of sp³-hybridized carbons (Fsp3) is 0.261. The smallest absolute Gasteiger partial charge is 0.312 e. The van der Waals surface area contributed by atoms with E-state index < -0.39 is 16.9 Å². The Labute approximate surface area is 204 Å². The molecule has 2 aromatic carbocycles. The maximum atomic E-state index is 12.5. The van der Waals surface area contributed by atoms with Crippen molar-refractivity contribution in [1.82, 2.24) is 15.2 Å². The van der Waals surface area contributed by atoms with Crippen molar-refractivity contribution in [3.05, 3.63) is 79.6 Å². The van der Waals surface area contributed by atoms with Gasteiger partial charge in [-0.05, 0) is 60.0 Å². The van der Waals surface area contributed by atoms with Crippen molar-refractivity contribution in [2.45, 2.75) is 33.4 Å². The summed E-state index contributed by atoms with van der Waals surface area (Å²) in [7, 11) is 1.54. The summed E-state index contributed by atoms with van der Waals surface area (Å²) < 4.78 is 13.4. The minimum atomic E-state index is -0.792. The molecule has 10 nitrogen and oxygen atoms in total. The number of carbonyl (C=O) groups excluding carboxylic acids is 1. The molecular formula is C23H24BrN5O5. The summed E-state index contributed by atoms with van der Waals surface area (Å²) in [6.07, 6.45) is 1.46. The molecule has 1 atom stereocenters. The largest absolute Gasteiger partial charge is 0.493 e. The highest BCUT2D eigenvalue weighted by Gasteiger charge is 2.26. The molecule has 3 rings (SSSR count). The Morgan fingerprint density at radius 3 is 2.65 bits per heavy atom. The van der Waals surface area contributed by atoms with Gasteiger partial charge in [0.05, 0.1) is 22.7 Å². The van der Waals surface area contributed by atoms with Crippen LogP contribution < -0.4 is 14.9 Å². The zero-order valence-electron chi connectivity index (χ0n) is 19.1. The number of amides is 1. The summed E-state index contributed by atoms with van der Waals surface area (Å²) >= 11 is 3.50. The van der Waals surface area contributed by atoms with E-state index in [0.29, 0.717) is 33.8 Å². The van der Waals surface area contributed by atoms with Gasteiger partial charge in [0.1, 0.15) is 24.0 Å². The van der Waals surface area contributed by atoms with Crippen LogP contribution in [0, 0.1) is 24.0 Å². The van der Waals surface area contributed by atoms with Gasteiger partial charge in [0, 0.05) is 0 Å². The summed E-state index contributed by atoms with van der Waals surface area (Å²) in [4.78, 5) is 23.2. The number of halogens is 1. The van der Waals surface area contributed by atoms with Crippen molar-refractivity contribution >= 4 is 33.7 Å². The number of ether oxygens (including phenoxy) is 2. The zero-order chi connectivity index (χ0) is 24.8. The highest BCUT2D eigenvalue weighted by Crippen LogP contribution is 2.36. The highest BCUT2D eigenvalue weighted by molar-refractivity contribution is 9.10. The molecule has 0 saturated carbocycles. The van der Waals surface area contributed by atoms with Gasteiger partial charge in [-0.15, -0.1) is 0 Å². The standard InChI is InChI=1S/C23H24BrN5O5/c1-14-21(29(31)32)15(2)28(27-14)16(3)23(30)26-25-12-18-10-19(24)22(20(11-18)33-4)34-13-17-8-6-5-7-9-17/h5-12,16H,13H2,1-4H3,(H,26,30). The lowest BCUT2D eigenvalue weighted by molar-refractivity contribution is -0.386. The van der Waals surface area contributed by atoms with Crippen molar-refractivity contribution in [3.8, 4) is 11.5 Å². The van der Waals surface area contributed by atoms with E-state index in [1.807, 2.05) is 30.3 Å². The maximum Gasteiger partial charge on any atom is 0.312 e. The maximum absolute atomic E-state index is 12.5. The minimum Gasteiger partial charge on any atom is -0.493 e. The summed E-state index contributed by atoms with van der Waals surface area (Å²) in [5, 5.41) is 19.3. The molecule has 0 saturated heterocycles. The molecule has 0 radical (unpaired) electrons. The molecule has 1 unspecified atom stereocenters. The van der Waals surface area contributed by atoms with Crippen molar-refractivity contribution in [1.29, 1.82) is 0 Å². The molecule has 1 N–H and O–H groups in total. The second-order valence-electron chi connectivity index (χ2n) is 7.44. The van der Waals surface area contributed by atoms with Crippen LogP contribution in [0.4, 0.5) is 5.69 Å². The van der Waals surface area contributed by atoms with E-state index in [1.165, 1.54) is 24.9 Å². The lowest BCUT2D eigenvalue weighted by Crippen LogP contribution is -2.28. The van der Waals surface area contributed by atoms with E-state index in [2.05, 4.69) is 31.6 Å². The fourth-order valence-electron chi connectivity index (χ4n) is 3.35. The summed E-state index contributed by atoms with van der Waals surface area (Å²) in [6, 6.07) is 12.5. The van der Waals surface area contributed by atoms with E-state index in [0.717, 1.165) is 5.56 Å². The van der Waals surface area contributed by atoms with Crippen molar-refractivity contribution in [2.24, 2.45) is 5.10 Å². The quantitative estimate of drug-likeness (QED) is 0.248. The Morgan fingerprint density at radius 1 is 1.32 bits per heavy atom. The number of hydrogen-bond donors (Lipinski definition) is 1. The number of hydrogen-bond acceptors (Lipinski definition) is 7. The minimum absolute atomic E-state index is 0.102. The molecule has 0 aliphatic rings. The molecule has 178 valence electrons. The van der Waals surface area contributed by atoms with Crippen LogP contribution in [0.2, 0.25) is 0 Å². The number of carbonyl (C=O) groups is 1. The van der Waals surface area contributed by atoms with Gasteiger partial charge in [0.15, 0.2) is 11.5 Å². The second kappa shape index (κ2) is 10.9. The number of nitro groups is 1. The van der Waals surface area contributed by atoms with Gasteiger partial charge < -0.3 is 9.47 Å². The number of benzene rings is 2. The number of nitrogens with one attached hydrogen (secondary N) is 1. The number of rotatable bonds is 9. The number of nitrogens with zero attached hydrogens (tertiary/aromatic N) is 4. The average Bonchev–Trinajstić information content (AvgIpc) is 3.11. The molecule has 0 aliphatic heterocycles. The van der Waals surface area contributed by atoms with Crippen LogP contribution in [0.5, 0.6) is 11.5 Å². The van der Waals surface area contributed by atoms with Gasteiger partial charge in [0.25, 0.3) is 5.91 Å². The van der Waals surface area contributed by atoms with Gasteiger partial charge in [-0.25, -0.2) is 5.43 Å². The van der Waals surface area contributed by atoms with E-state index in [9.17, 15) is 14.9 Å². The molecule has 0 bridgehead atoms. The molecule has 11 heteroatoms. The number of aromatic nitrogens is 2. The van der Waals surface area contributed by atoms with Crippen LogP contribution >= 0.6 is 15.9 Å². The van der Waals surface area contributed by atoms with E-state index in [-0.39, 0.29) is 11.4 Å². The first kappa shape index (κ1) is 24.9. The highest BCUT2D eigenvalue weighted by atomic mass is 79.9. The predicted molar refractivity (Wildman–Crippen MR) is 130 cm³/mol. The van der Waals surface area contributed by atoms with Crippen LogP contribution in [0.1, 0.15) is 35.5 Å². The summed E-state index contributed by atoms with van der Waals surface area (Å²) in [6.45, 7) is 5.05. The molecule has 0 aliphatic carbocycles. The average molecular weight is 530 g/mol. The van der Waals surface area contributed by atoms with E-state index in [4.69, 9.17) is 9.47 Å². The van der Waals surface area contributed by atoms with Crippen LogP contribution in [0.25, 0.3) is 0 Å². The monoisotopic (exact) mass is 529 g/mol. The van der Waals surface area contributed by atoms with Gasteiger partial charge in [-0.3, -0.25) is 19.6 Å². The molecule has 1 amide bonds. The number of methoxy groups -OCH3 is 1. The lowest BCUT2D eigenvalue weighted by Gasteiger charge is -2.14. The van der Waals surface area contributed by atoms with Crippen LogP contribution in [0.3, 0.4) is 0 Å². The first-order valence-electron chi connectivity index (χ1n) is 10.3. The van der Waals surface area contributed by atoms with Crippen molar-refractivity contribution < 1.29 is 19.2 Å².